The van der Waals surface area contributed by atoms with Crippen LogP contribution in [-0.2, 0) is 6.54 Å². The van der Waals surface area contributed by atoms with Gasteiger partial charge in [-0.05, 0) is 31.5 Å². The van der Waals surface area contributed by atoms with Crippen molar-refractivity contribution in [3.8, 4) is 11.5 Å². The number of aliphatic hydroxyl groups is 1. The molecule has 0 aliphatic heterocycles. The zero-order valence-electron chi connectivity index (χ0n) is 21.9. The summed E-state index contributed by atoms with van der Waals surface area (Å²) >= 11 is 0. The Morgan fingerprint density at radius 2 is 1.94 bits per heavy atom. The Bertz CT molecular complexity index is 1200. The lowest BCUT2D eigenvalue weighted by Gasteiger charge is -2.29. The first-order valence-electron chi connectivity index (χ1n) is 12.0. The predicted octanol–water partition coefficient (Wildman–Crippen LogP) is 3.71. The number of carbonyl (C=O) groups is 1. The van der Waals surface area contributed by atoms with Gasteiger partial charge in [-0.2, -0.15) is 4.98 Å². The third kappa shape index (κ3) is 6.31. The zero-order chi connectivity index (χ0) is 26.3. The Morgan fingerprint density at radius 1 is 1.17 bits per heavy atom. The van der Waals surface area contributed by atoms with E-state index in [1.54, 1.807) is 34.4 Å². The molecule has 10 heteroatoms. The number of unbranched alkanes of at least 4 members (excludes halogenated alkanes) is 1. The van der Waals surface area contributed by atoms with E-state index in [1.165, 1.54) is 11.1 Å². The van der Waals surface area contributed by atoms with Gasteiger partial charge in [0.25, 0.3) is 5.91 Å². The summed E-state index contributed by atoms with van der Waals surface area (Å²) < 4.78 is 10.8. The van der Waals surface area contributed by atoms with E-state index in [0.29, 0.717) is 46.4 Å². The van der Waals surface area contributed by atoms with Gasteiger partial charge in [0, 0.05) is 38.5 Å². The monoisotopic (exact) mass is 496 g/mol. The van der Waals surface area contributed by atoms with Gasteiger partial charge in [-0.15, -0.1) is 0 Å². The lowest BCUT2D eigenvalue weighted by molar-refractivity contribution is 0.0827. The van der Waals surface area contributed by atoms with Crippen molar-refractivity contribution in [2.45, 2.75) is 45.2 Å². The molecule has 1 aromatic carbocycles. The van der Waals surface area contributed by atoms with E-state index in [4.69, 9.17) is 9.47 Å². The van der Waals surface area contributed by atoms with E-state index >= 15 is 0 Å². The topological polar surface area (TPSA) is 122 Å². The molecule has 1 atom stereocenters. The molecule has 36 heavy (non-hydrogen) atoms. The molecular formula is C26H36N6O4. The summed E-state index contributed by atoms with van der Waals surface area (Å²) in [5.41, 5.74) is 1.77. The number of fused-ring (bicyclic) bond motifs is 1. The fourth-order valence-electron chi connectivity index (χ4n) is 3.77. The number of aromatic nitrogens is 3. The molecule has 3 aromatic rings. The van der Waals surface area contributed by atoms with E-state index in [2.05, 4.69) is 32.5 Å². The first-order chi connectivity index (χ1) is 17.2. The van der Waals surface area contributed by atoms with Gasteiger partial charge in [-0.25, -0.2) is 9.97 Å². The van der Waals surface area contributed by atoms with Crippen LogP contribution in [0.15, 0.2) is 30.5 Å². The van der Waals surface area contributed by atoms with Gasteiger partial charge in [-0.1, -0.05) is 19.8 Å². The van der Waals surface area contributed by atoms with E-state index in [1.807, 2.05) is 25.1 Å². The lowest BCUT2D eigenvalue weighted by Crippen LogP contribution is -2.39. The van der Waals surface area contributed by atoms with E-state index in [0.717, 1.165) is 24.8 Å². The van der Waals surface area contributed by atoms with Crippen LogP contribution in [0.25, 0.3) is 11.0 Å². The number of benzene rings is 1. The summed E-state index contributed by atoms with van der Waals surface area (Å²) in [6.45, 7) is 4.39. The number of aliphatic hydroxyl groups excluding tert-OH is 1. The number of methoxy groups -OCH3 is 2. The smallest absolute Gasteiger partial charge is 0.254 e. The predicted molar refractivity (Wildman–Crippen MR) is 141 cm³/mol. The minimum Gasteiger partial charge on any atom is -0.497 e. The Balaban J connectivity index is 2.01. The van der Waals surface area contributed by atoms with Crippen LogP contribution in [0.2, 0.25) is 0 Å². The molecule has 1 unspecified atom stereocenters. The maximum Gasteiger partial charge on any atom is 0.254 e. The van der Waals surface area contributed by atoms with Crippen LogP contribution >= 0.6 is 0 Å². The van der Waals surface area contributed by atoms with Gasteiger partial charge in [0.05, 0.1) is 37.4 Å². The van der Waals surface area contributed by atoms with Crippen molar-refractivity contribution >= 4 is 28.7 Å². The van der Waals surface area contributed by atoms with Gasteiger partial charge in [-0.3, -0.25) is 4.79 Å². The second-order valence-electron chi connectivity index (χ2n) is 9.17. The minimum atomic E-state index is -0.590. The van der Waals surface area contributed by atoms with Crippen LogP contribution in [0.5, 0.6) is 11.5 Å². The van der Waals surface area contributed by atoms with E-state index in [9.17, 15) is 9.90 Å². The van der Waals surface area contributed by atoms with Gasteiger partial charge in [0.2, 0.25) is 5.95 Å². The highest BCUT2D eigenvalue weighted by Gasteiger charge is 2.25. The first kappa shape index (κ1) is 26.9. The molecule has 2 heterocycles. The molecule has 0 spiro atoms. The molecule has 0 saturated heterocycles. The van der Waals surface area contributed by atoms with Gasteiger partial charge >= 0.3 is 0 Å². The Hall–Kier alpha value is -3.66. The highest BCUT2D eigenvalue weighted by molar-refractivity contribution is 5.98. The van der Waals surface area contributed by atoms with Crippen molar-refractivity contribution in [3.63, 3.8) is 0 Å². The molecule has 0 bridgehead atoms. The largest absolute Gasteiger partial charge is 0.497 e. The maximum atomic E-state index is 12.5. The van der Waals surface area contributed by atoms with Crippen molar-refractivity contribution < 1.29 is 19.4 Å². The summed E-state index contributed by atoms with van der Waals surface area (Å²) in [7, 11) is 6.59. The second-order valence-corrected chi connectivity index (χ2v) is 9.17. The van der Waals surface area contributed by atoms with Crippen LogP contribution in [0.1, 0.15) is 49.0 Å². The van der Waals surface area contributed by atoms with Gasteiger partial charge < -0.3 is 30.1 Å². The van der Waals surface area contributed by atoms with E-state index in [-0.39, 0.29) is 12.5 Å². The fraction of sp³-hybridized carbons (Fsp3) is 0.462. The van der Waals surface area contributed by atoms with Crippen molar-refractivity contribution in [2.75, 3.05) is 45.6 Å². The van der Waals surface area contributed by atoms with Crippen molar-refractivity contribution in [1.29, 1.82) is 0 Å². The summed E-state index contributed by atoms with van der Waals surface area (Å²) in [5.74, 6) is 2.05. The number of hydrogen-bond acceptors (Lipinski definition) is 9. The van der Waals surface area contributed by atoms with Crippen molar-refractivity contribution in [3.05, 3.63) is 41.6 Å². The molecule has 10 nitrogen and oxygen atoms in total. The van der Waals surface area contributed by atoms with Crippen LogP contribution in [0.4, 0.5) is 11.8 Å². The number of nitrogens with zero attached hydrogens (tertiary/aromatic N) is 4. The Labute approximate surface area is 212 Å². The number of hydrogen-bond donors (Lipinski definition) is 3. The van der Waals surface area contributed by atoms with Crippen LogP contribution in [0, 0.1) is 0 Å². The summed E-state index contributed by atoms with van der Waals surface area (Å²) in [6.07, 6.45) is 4.24. The molecule has 3 rings (SSSR count). The molecule has 0 saturated carbocycles. The van der Waals surface area contributed by atoms with Crippen LogP contribution in [-0.4, -0.2) is 71.3 Å². The summed E-state index contributed by atoms with van der Waals surface area (Å²) in [4.78, 5) is 27.9. The zero-order valence-corrected chi connectivity index (χ0v) is 21.9. The summed E-state index contributed by atoms with van der Waals surface area (Å²) in [5, 5.41) is 16.8. The minimum absolute atomic E-state index is 0.0680. The van der Waals surface area contributed by atoms with Gasteiger partial charge in [0.15, 0.2) is 5.82 Å². The molecule has 2 aromatic heterocycles. The summed E-state index contributed by atoms with van der Waals surface area (Å²) in [6, 6.07) is 7.29. The Kier molecular flexibility index (Phi) is 8.87. The third-order valence-electron chi connectivity index (χ3n) is 5.97. The third-order valence-corrected chi connectivity index (χ3v) is 5.97. The number of carbonyl (C=O) groups excluding carboxylic acids is 1. The second kappa shape index (κ2) is 11.9. The number of nitrogens with one attached hydrogen (secondary N) is 2. The average molecular weight is 497 g/mol. The standard InChI is InChI=1S/C26H36N6O4/c1-7-8-11-26(2,16-33)31-23-22-20(12-18(15-27-22)24(34)32(3)4)29-25(30-23)28-14-17-9-10-19(35-5)13-21(17)36-6/h9-10,12-13,15,33H,7-8,11,14,16H2,1-6H3,(H2,28,29,30,31). The fourth-order valence-corrected chi connectivity index (χ4v) is 3.77. The molecule has 194 valence electrons. The molecule has 0 aliphatic carbocycles. The number of amides is 1. The number of pyridine rings is 1. The van der Waals surface area contributed by atoms with Crippen LogP contribution < -0.4 is 20.1 Å². The molecular weight excluding hydrogens is 460 g/mol. The highest BCUT2D eigenvalue weighted by atomic mass is 16.5. The molecule has 3 N–H and O–H groups in total. The lowest BCUT2D eigenvalue weighted by atomic mass is 9.96. The quantitative estimate of drug-likeness (QED) is 0.344. The van der Waals surface area contributed by atoms with E-state index < -0.39 is 5.54 Å². The van der Waals surface area contributed by atoms with Crippen molar-refractivity contribution in [2.24, 2.45) is 0 Å². The van der Waals surface area contributed by atoms with Crippen LogP contribution in [0.3, 0.4) is 0 Å². The maximum absolute atomic E-state index is 12.5. The SMILES string of the molecule is CCCCC(C)(CO)Nc1nc(NCc2ccc(OC)cc2OC)nc2cc(C(=O)N(C)C)cnc12. The normalized spacial score (nSPS) is 12.6. The number of rotatable bonds is 12. The highest BCUT2D eigenvalue weighted by Crippen LogP contribution is 2.28. The first-order valence-corrected chi connectivity index (χ1v) is 12.0. The molecule has 0 radical (unpaired) electrons. The Morgan fingerprint density at radius 3 is 2.58 bits per heavy atom. The number of ether oxygens (including phenoxy) is 2. The number of anilines is 2. The van der Waals surface area contributed by atoms with Crippen molar-refractivity contribution in [1.82, 2.24) is 19.9 Å². The molecule has 0 aliphatic rings. The molecule has 0 fully saturated rings. The van der Waals surface area contributed by atoms with Gasteiger partial charge in [0.1, 0.15) is 17.0 Å². The average Bonchev–Trinajstić information content (AvgIpc) is 2.89. The molecule has 1 amide bonds.